The molecule has 1 heteroatoms. The number of rotatable bonds is 8. The summed E-state index contributed by atoms with van der Waals surface area (Å²) in [6.07, 6.45) is 6.76. The van der Waals surface area contributed by atoms with E-state index < -0.39 is 8.07 Å². The smallest absolute Gasteiger partial charge is 0.0479 e. The van der Waals surface area contributed by atoms with Crippen molar-refractivity contribution < 1.29 is 0 Å². The van der Waals surface area contributed by atoms with E-state index >= 15 is 0 Å². The van der Waals surface area contributed by atoms with E-state index in [-0.39, 0.29) is 0 Å². The second-order valence-corrected chi connectivity index (χ2v) is 13.4. The molecule has 110 valence electrons. The van der Waals surface area contributed by atoms with Crippen LogP contribution < -0.4 is 0 Å². The summed E-state index contributed by atoms with van der Waals surface area (Å²) in [5, 5.41) is 0. The van der Waals surface area contributed by atoms with E-state index in [4.69, 9.17) is 0 Å². The molecule has 0 nitrogen and oxygen atoms in total. The molecule has 0 heterocycles. The van der Waals surface area contributed by atoms with Gasteiger partial charge in [-0.25, -0.2) is 0 Å². The topological polar surface area (TPSA) is 0 Å². The van der Waals surface area contributed by atoms with Crippen LogP contribution in [0.3, 0.4) is 0 Å². The lowest BCUT2D eigenvalue weighted by Crippen LogP contribution is -2.41. The molecule has 0 aliphatic heterocycles. The Kier molecular flexibility index (Phi) is 6.67. The molecule has 0 saturated carbocycles. The van der Waals surface area contributed by atoms with Gasteiger partial charge < -0.3 is 0 Å². The summed E-state index contributed by atoms with van der Waals surface area (Å²) in [5.41, 5.74) is 2.05. The van der Waals surface area contributed by atoms with Crippen LogP contribution in [-0.2, 0) is 0 Å². The Morgan fingerprint density at radius 1 is 0.778 bits per heavy atom. The molecular formula is C17H38Si. The Balaban J connectivity index is 5.27. The molecule has 1 atom stereocenters. The van der Waals surface area contributed by atoms with Crippen LogP contribution in [0.1, 0.15) is 73.6 Å². The first kappa shape index (κ1) is 18.2. The fourth-order valence-corrected chi connectivity index (χ4v) is 6.98. The van der Waals surface area contributed by atoms with Gasteiger partial charge in [-0.3, -0.25) is 0 Å². The highest BCUT2D eigenvalue weighted by atomic mass is 28.3. The molecule has 0 bridgehead atoms. The SMILES string of the molecule is CCC(C)(CC)CC(C(C)(CC)CC)[Si](C)(C)C. The third kappa shape index (κ3) is 4.40. The normalized spacial score (nSPS) is 15.8. The van der Waals surface area contributed by atoms with Crippen LogP contribution in [0.15, 0.2) is 0 Å². The fraction of sp³-hybridized carbons (Fsp3) is 1.00. The molecule has 0 aromatic heterocycles. The predicted octanol–water partition coefficient (Wildman–Crippen LogP) is 6.74. The van der Waals surface area contributed by atoms with E-state index in [0.29, 0.717) is 10.8 Å². The summed E-state index contributed by atoms with van der Waals surface area (Å²) in [4.78, 5) is 0. The van der Waals surface area contributed by atoms with E-state index in [9.17, 15) is 0 Å². The zero-order valence-electron chi connectivity index (χ0n) is 14.6. The Morgan fingerprint density at radius 3 is 1.39 bits per heavy atom. The maximum absolute atomic E-state index is 2.58. The molecule has 0 amide bonds. The molecule has 0 aliphatic rings. The van der Waals surface area contributed by atoms with Crippen molar-refractivity contribution in [3.63, 3.8) is 0 Å². The van der Waals surface area contributed by atoms with E-state index in [2.05, 4.69) is 61.2 Å². The van der Waals surface area contributed by atoms with Gasteiger partial charge in [-0.1, -0.05) is 86.9 Å². The van der Waals surface area contributed by atoms with Gasteiger partial charge in [-0.15, -0.1) is 0 Å². The van der Waals surface area contributed by atoms with Crippen molar-refractivity contribution in [1.82, 2.24) is 0 Å². The van der Waals surface area contributed by atoms with Crippen LogP contribution in [0, 0.1) is 10.8 Å². The fourth-order valence-electron chi connectivity index (χ4n) is 3.37. The Morgan fingerprint density at radius 2 is 1.17 bits per heavy atom. The van der Waals surface area contributed by atoms with Crippen molar-refractivity contribution in [2.24, 2.45) is 10.8 Å². The van der Waals surface area contributed by atoms with Gasteiger partial charge in [0, 0.05) is 8.07 Å². The Bertz CT molecular complexity index is 228. The maximum Gasteiger partial charge on any atom is 0.0479 e. The first-order valence-corrected chi connectivity index (χ1v) is 11.7. The average molecular weight is 271 g/mol. The first-order chi connectivity index (χ1) is 8.08. The van der Waals surface area contributed by atoms with Crippen LogP contribution in [0.4, 0.5) is 0 Å². The predicted molar refractivity (Wildman–Crippen MR) is 89.1 cm³/mol. The molecule has 0 saturated heterocycles. The minimum absolute atomic E-state index is 0.552. The second kappa shape index (κ2) is 6.59. The van der Waals surface area contributed by atoms with Gasteiger partial charge in [0.05, 0.1) is 0 Å². The van der Waals surface area contributed by atoms with Crippen molar-refractivity contribution >= 4 is 8.07 Å². The van der Waals surface area contributed by atoms with Crippen LogP contribution in [-0.4, -0.2) is 8.07 Å². The molecular weight excluding hydrogens is 232 g/mol. The van der Waals surface area contributed by atoms with Crippen LogP contribution >= 0.6 is 0 Å². The highest BCUT2D eigenvalue weighted by Crippen LogP contribution is 2.52. The summed E-state index contributed by atoms with van der Waals surface area (Å²) in [6.45, 7) is 22.3. The third-order valence-electron chi connectivity index (χ3n) is 5.91. The van der Waals surface area contributed by atoms with Gasteiger partial charge in [0.1, 0.15) is 0 Å². The molecule has 0 aliphatic carbocycles. The van der Waals surface area contributed by atoms with Gasteiger partial charge >= 0.3 is 0 Å². The van der Waals surface area contributed by atoms with E-state index in [1.807, 2.05) is 0 Å². The monoisotopic (exact) mass is 270 g/mol. The van der Waals surface area contributed by atoms with E-state index in [1.165, 1.54) is 32.1 Å². The first-order valence-electron chi connectivity index (χ1n) is 8.08. The zero-order valence-corrected chi connectivity index (χ0v) is 15.6. The molecule has 0 N–H and O–H groups in total. The van der Waals surface area contributed by atoms with Crippen molar-refractivity contribution in [2.75, 3.05) is 0 Å². The van der Waals surface area contributed by atoms with E-state index in [1.54, 1.807) is 0 Å². The largest absolute Gasteiger partial charge is 0.0693 e. The summed E-state index contributed by atoms with van der Waals surface area (Å²) >= 11 is 0. The molecule has 1 unspecified atom stereocenters. The molecule has 0 radical (unpaired) electrons. The highest BCUT2D eigenvalue weighted by Gasteiger charge is 2.42. The van der Waals surface area contributed by atoms with Crippen LogP contribution in [0.25, 0.3) is 0 Å². The molecule has 18 heavy (non-hydrogen) atoms. The second-order valence-electron chi connectivity index (χ2n) is 8.00. The van der Waals surface area contributed by atoms with Crippen LogP contribution in [0.5, 0.6) is 0 Å². The molecule has 0 rings (SSSR count). The molecule has 0 spiro atoms. The van der Waals surface area contributed by atoms with Crippen molar-refractivity contribution in [3.8, 4) is 0 Å². The van der Waals surface area contributed by atoms with Gasteiger partial charge in [0.15, 0.2) is 0 Å². The Hall–Kier alpha value is 0.217. The molecule has 0 aromatic rings. The lowest BCUT2D eigenvalue weighted by molar-refractivity contribution is 0.181. The van der Waals surface area contributed by atoms with E-state index in [0.717, 1.165) is 5.54 Å². The van der Waals surface area contributed by atoms with Gasteiger partial charge in [-0.05, 0) is 22.8 Å². The Labute approximate surface area is 118 Å². The van der Waals surface area contributed by atoms with Crippen molar-refractivity contribution in [1.29, 1.82) is 0 Å². The van der Waals surface area contributed by atoms with Gasteiger partial charge in [-0.2, -0.15) is 0 Å². The summed E-state index contributed by atoms with van der Waals surface area (Å²) in [5.74, 6) is 0. The number of hydrogen-bond donors (Lipinski definition) is 0. The highest BCUT2D eigenvalue weighted by molar-refractivity contribution is 6.77. The van der Waals surface area contributed by atoms with Gasteiger partial charge in [0.2, 0.25) is 0 Å². The summed E-state index contributed by atoms with van der Waals surface area (Å²) in [7, 11) is -1.11. The minimum Gasteiger partial charge on any atom is -0.0693 e. The van der Waals surface area contributed by atoms with Crippen molar-refractivity contribution in [2.45, 2.75) is 98.8 Å². The number of hydrogen-bond acceptors (Lipinski definition) is 0. The lowest BCUT2D eigenvalue weighted by atomic mass is 9.71. The summed E-state index contributed by atoms with van der Waals surface area (Å²) < 4.78 is 0. The van der Waals surface area contributed by atoms with Crippen molar-refractivity contribution in [3.05, 3.63) is 0 Å². The lowest BCUT2D eigenvalue weighted by Gasteiger charge is -2.47. The summed E-state index contributed by atoms with van der Waals surface area (Å²) in [6, 6.07) is 0. The standard InChI is InChI=1S/C17H38Si/c1-10-16(5,11-2)14-15(18(7,8)9)17(6,12-3)13-4/h15H,10-14H2,1-9H3. The molecule has 0 fully saturated rings. The zero-order chi connectivity index (χ0) is 14.6. The third-order valence-corrected chi connectivity index (χ3v) is 8.90. The van der Waals surface area contributed by atoms with Crippen LogP contribution in [0.2, 0.25) is 25.2 Å². The minimum atomic E-state index is -1.11. The van der Waals surface area contributed by atoms with Gasteiger partial charge in [0.25, 0.3) is 0 Å². The molecule has 0 aromatic carbocycles. The maximum atomic E-state index is 2.58. The quantitative estimate of drug-likeness (QED) is 0.429. The average Bonchev–Trinajstić information content (AvgIpc) is 2.33.